The van der Waals surface area contributed by atoms with Gasteiger partial charge in [-0.3, -0.25) is 4.98 Å². The Kier molecular flexibility index (Phi) is 2.08. The predicted molar refractivity (Wildman–Crippen MR) is 56.0 cm³/mol. The molecule has 0 aliphatic rings. The van der Waals surface area contributed by atoms with Crippen molar-refractivity contribution >= 4 is 16.6 Å². The lowest BCUT2D eigenvalue weighted by molar-refractivity contribution is 0.628. The van der Waals surface area contributed by atoms with Crippen LogP contribution in [0.4, 0.5) is 10.1 Å². The molecule has 0 aliphatic heterocycles. The summed E-state index contributed by atoms with van der Waals surface area (Å²) in [5.74, 6) is -0.223. The Labute approximate surface area is 81.8 Å². The van der Waals surface area contributed by atoms with Gasteiger partial charge in [-0.05, 0) is 30.7 Å². The van der Waals surface area contributed by atoms with Gasteiger partial charge >= 0.3 is 0 Å². The predicted octanol–water partition coefficient (Wildman–Crippen LogP) is 2.72. The molecule has 14 heavy (non-hydrogen) atoms. The number of nitrogens with one attached hydrogen (secondary N) is 1. The van der Waals surface area contributed by atoms with E-state index in [1.165, 1.54) is 12.1 Å². The third-order valence-electron chi connectivity index (χ3n) is 2.27. The Morgan fingerprint density at radius 3 is 2.86 bits per heavy atom. The quantitative estimate of drug-likeness (QED) is 0.747. The Bertz CT molecular complexity index is 480. The highest BCUT2D eigenvalue weighted by molar-refractivity contribution is 5.92. The van der Waals surface area contributed by atoms with Crippen molar-refractivity contribution in [1.82, 2.24) is 4.98 Å². The van der Waals surface area contributed by atoms with Crippen molar-refractivity contribution in [2.45, 2.75) is 6.92 Å². The molecule has 0 atom stereocenters. The maximum absolute atomic E-state index is 13.2. The normalized spacial score (nSPS) is 10.5. The van der Waals surface area contributed by atoms with Crippen LogP contribution in [0.2, 0.25) is 0 Å². The van der Waals surface area contributed by atoms with Gasteiger partial charge in [0.15, 0.2) is 0 Å². The summed E-state index contributed by atoms with van der Waals surface area (Å²) in [5, 5.41) is 3.84. The second-order valence-corrected chi connectivity index (χ2v) is 3.23. The van der Waals surface area contributed by atoms with Crippen molar-refractivity contribution in [3.05, 3.63) is 35.8 Å². The van der Waals surface area contributed by atoms with Gasteiger partial charge in [-0.1, -0.05) is 0 Å². The van der Waals surface area contributed by atoms with Crippen LogP contribution in [-0.4, -0.2) is 12.0 Å². The third kappa shape index (κ3) is 1.31. The van der Waals surface area contributed by atoms with Crippen molar-refractivity contribution in [2.75, 3.05) is 12.4 Å². The first-order valence-corrected chi connectivity index (χ1v) is 4.45. The molecule has 2 nitrogen and oxygen atoms in total. The van der Waals surface area contributed by atoms with Gasteiger partial charge in [0.05, 0.1) is 5.52 Å². The fraction of sp³-hybridized carbons (Fsp3) is 0.182. The van der Waals surface area contributed by atoms with Crippen LogP contribution in [0.5, 0.6) is 0 Å². The molecular weight excluding hydrogens is 179 g/mol. The van der Waals surface area contributed by atoms with Crippen molar-refractivity contribution in [1.29, 1.82) is 0 Å². The average molecular weight is 190 g/mol. The summed E-state index contributed by atoms with van der Waals surface area (Å²) in [7, 11) is 1.81. The summed E-state index contributed by atoms with van der Waals surface area (Å²) in [6, 6.07) is 4.83. The summed E-state index contributed by atoms with van der Waals surface area (Å²) in [5.41, 5.74) is 2.60. The van der Waals surface area contributed by atoms with Crippen molar-refractivity contribution in [3.63, 3.8) is 0 Å². The van der Waals surface area contributed by atoms with Gasteiger partial charge < -0.3 is 5.32 Å². The molecule has 0 saturated heterocycles. The van der Waals surface area contributed by atoms with Crippen LogP contribution >= 0.6 is 0 Å². The highest BCUT2D eigenvalue weighted by Crippen LogP contribution is 2.24. The number of rotatable bonds is 1. The lowest BCUT2D eigenvalue weighted by Crippen LogP contribution is -1.93. The van der Waals surface area contributed by atoms with E-state index in [0.29, 0.717) is 0 Å². The lowest BCUT2D eigenvalue weighted by atomic mass is 10.1. The molecule has 1 aromatic carbocycles. The molecule has 0 saturated carbocycles. The van der Waals surface area contributed by atoms with E-state index in [9.17, 15) is 4.39 Å². The van der Waals surface area contributed by atoms with Gasteiger partial charge in [0.25, 0.3) is 0 Å². The molecule has 0 amide bonds. The molecule has 72 valence electrons. The molecule has 2 aromatic rings. The van der Waals surface area contributed by atoms with Crippen LogP contribution in [0, 0.1) is 12.7 Å². The molecule has 0 aliphatic carbocycles. The van der Waals surface area contributed by atoms with Gasteiger partial charge in [-0.15, -0.1) is 0 Å². The van der Waals surface area contributed by atoms with E-state index in [2.05, 4.69) is 10.3 Å². The van der Waals surface area contributed by atoms with Crippen molar-refractivity contribution in [2.24, 2.45) is 0 Å². The molecule has 3 heteroatoms. The highest BCUT2D eigenvalue weighted by Gasteiger charge is 2.04. The Balaban J connectivity index is 2.86. The third-order valence-corrected chi connectivity index (χ3v) is 2.27. The zero-order valence-electron chi connectivity index (χ0n) is 8.13. The molecule has 1 N–H and O–H groups in total. The Morgan fingerprint density at radius 1 is 1.36 bits per heavy atom. The standard InChI is InChI=1S/C11H11FN2/c1-7-5-8(12)6-9-10(13-2)3-4-14-11(7)9/h3-6H,1-2H3,(H,13,14). The van der Waals surface area contributed by atoms with E-state index < -0.39 is 0 Å². The van der Waals surface area contributed by atoms with Crippen LogP contribution in [0.15, 0.2) is 24.4 Å². The summed E-state index contributed by atoms with van der Waals surface area (Å²) in [4.78, 5) is 4.22. The highest BCUT2D eigenvalue weighted by atomic mass is 19.1. The Morgan fingerprint density at radius 2 is 2.14 bits per heavy atom. The Hall–Kier alpha value is -1.64. The number of hydrogen-bond donors (Lipinski definition) is 1. The molecule has 0 spiro atoms. The molecule has 0 fully saturated rings. The zero-order valence-corrected chi connectivity index (χ0v) is 8.13. The summed E-state index contributed by atoms with van der Waals surface area (Å²) < 4.78 is 13.2. The van der Waals surface area contributed by atoms with E-state index in [1.807, 2.05) is 20.0 Å². The smallest absolute Gasteiger partial charge is 0.124 e. The molecule has 0 bridgehead atoms. The fourth-order valence-corrected chi connectivity index (χ4v) is 1.61. The number of halogens is 1. The monoisotopic (exact) mass is 190 g/mol. The van der Waals surface area contributed by atoms with E-state index >= 15 is 0 Å². The fourth-order valence-electron chi connectivity index (χ4n) is 1.61. The molecule has 1 aromatic heterocycles. The molecule has 0 unspecified atom stereocenters. The number of pyridine rings is 1. The summed E-state index contributed by atoms with van der Waals surface area (Å²) in [6.45, 7) is 1.86. The number of nitrogens with zero attached hydrogens (tertiary/aromatic N) is 1. The van der Waals surface area contributed by atoms with Crippen molar-refractivity contribution < 1.29 is 4.39 Å². The number of aromatic nitrogens is 1. The first-order chi connectivity index (χ1) is 6.72. The van der Waals surface area contributed by atoms with Gasteiger partial charge in [0, 0.05) is 24.3 Å². The van der Waals surface area contributed by atoms with Crippen LogP contribution in [0.25, 0.3) is 10.9 Å². The second-order valence-electron chi connectivity index (χ2n) is 3.23. The minimum absolute atomic E-state index is 0.223. The number of anilines is 1. The van der Waals surface area contributed by atoms with Gasteiger partial charge in [0.1, 0.15) is 5.82 Å². The second kappa shape index (κ2) is 3.25. The number of benzene rings is 1. The zero-order chi connectivity index (χ0) is 10.1. The lowest BCUT2D eigenvalue weighted by Gasteiger charge is -2.06. The van der Waals surface area contributed by atoms with Crippen molar-refractivity contribution in [3.8, 4) is 0 Å². The minimum atomic E-state index is -0.223. The van der Waals surface area contributed by atoms with Gasteiger partial charge in [0.2, 0.25) is 0 Å². The van der Waals surface area contributed by atoms with Crippen LogP contribution in [-0.2, 0) is 0 Å². The molecule has 2 rings (SSSR count). The molecule has 0 radical (unpaired) electrons. The average Bonchev–Trinajstić information content (AvgIpc) is 2.17. The molecular formula is C11H11FN2. The minimum Gasteiger partial charge on any atom is -0.388 e. The first-order valence-electron chi connectivity index (χ1n) is 4.45. The molecule has 1 heterocycles. The maximum atomic E-state index is 13.2. The van der Waals surface area contributed by atoms with Crippen LogP contribution in [0.3, 0.4) is 0 Å². The van der Waals surface area contributed by atoms with Gasteiger partial charge in [-0.25, -0.2) is 4.39 Å². The summed E-state index contributed by atoms with van der Waals surface area (Å²) >= 11 is 0. The largest absolute Gasteiger partial charge is 0.388 e. The van der Waals surface area contributed by atoms with E-state index in [-0.39, 0.29) is 5.82 Å². The van der Waals surface area contributed by atoms with E-state index in [0.717, 1.165) is 22.2 Å². The van der Waals surface area contributed by atoms with Crippen LogP contribution < -0.4 is 5.32 Å². The van der Waals surface area contributed by atoms with E-state index in [1.54, 1.807) is 6.20 Å². The van der Waals surface area contributed by atoms with E-state index in [4.69, 9.17) is 0 Å². The number of aryl methyl sites for hydroxylation is 1. The summed E-state index contributed by atoms with van der Waals surface area (Å²) in [6.07, 6.45) is 1.72. The number of hydrogen-bond acceptors (Lipinski definition) is 2. The topological polar surface area (TPSA) is 24.9 Å². The first kappa shape index (κ1) is 8.94. The van der Waals surface area contributed by atoms with Crippen LogP contribution in [0.1, 0.15) is 5.56 Å². The number of fused-ring (bicyclic) bond motifs is 1. The van der Waals surface area contributed by atoms with Gasteiger partial charge in [-0.2, -0.15) is 0 Å². The maximum Gasteiger partial charge on any atom is 0.124 e. The SMILES string of the molecule is CNc1ccnc2c(C)cc(F)cc12.